The SMILES string of the molecule is CC(=O)OC[C@H]1O[C@@H](Sc2ccc(C)cc2)[C@H](N2C(=O)c3c(Cl)c(Cl)c(Cl)c(Cl)c3C2=O)[C@@H](OC(C)=O)[C@@H]1OC(C)=O. The van der Waals surface area contributed by atoms with Gasteiger partial charge in [-0.3, -0.25) is 28.9 Å². The Morgan fingerprint density at radius 2 is 1.31 bits per heavy atom. The van der Waals surface area contributed by atoms with Crippen LogP contribution in [-0.4, -0.2) is 71.0 Å². The summed E-state index contributed by atoms with van der Waals surface area (Å²) in [6.45, 7) is 4.90. The van der Waals surface area contributed by atoms with Crippen molar-refractivity contribution in [2.75, 3.05) is 6.61 Å². The van der Waals surface area contributed by atoms with Gasteiger partial charge in [-0.15, -0.1) is 0 Å². The van der Waals surface area contributed by atoms with Crippen LogP contribution in [0.2, 0.25) is 20.1 Å². The second kappa shape index (κ2) is 13.0. The molecule has 0 saturated carbocycles. The van der Waals surface area contributed by atoms with E-state index in [0.717, 1.165) is 36.1 Å². The number of benzene rings is 2. The molecule has 0 unspecified atom stereocenters. The molecular formula is C27H23Cl4NO9S. The van der Waals surface area contributed by atoms with Crippen molar-refractivity contribution < 1.29 is 42.9 Å². The minimum Gasteiger partial charge on any atom is -0.463 e. The summed E-state index contributed by atoms with van der Waals surface area (Å²) in [5, 5.41) is -1.05. The number of carbonyl (C=O) groups is 5. The van der Waals surface area contributed by atoms with Crippen molar-refractivity contribution in [1.82, 2.24) is 4.90 Å². The van der Waals surface area contributed by atoms with Crippen LogP contribution in [0.25, 0.3) is 0 Å². The predicted octanol–water partition coefficient (Wildman–Crippen LogP) is 5.52. The van der Waals surface area contributed by atoms with Gasteiger partial charge in [-0.05, 0) is 19.1 Å². The van der Waals surface area contributed by atoms with Gasteiger partial charge in [0.05, 0.1) is 31.2 Å². The Bertz CT molecular complexity index is 1420. The van der Waals surface area contributed by atoms with Gasteiger partial charge in [-0.2, -0.15) is 0 Å². The lowest BCUT2D eigenvalue weighted by Crippen LogP contribution is -2.66. The Morgan fingerprint density at radius 3 is 1.79 bits per heavy atom. The molecule has 42 heavy (non-hydrogen) atoms. The molecule has 2 aromatic rings. The summed E-state index contributed by atoms with van der Waals surface area (Å²) in [5.74, 6) is -4.08. The van der Waals surface area contributed by atoms with Crippen LogP contribution in [0.5, 0.6) is 0 Å². The second-order valence-corrected chi connectivity index (χ2v) is 12.1. The molecule has 2 heterocycles. The average Bonchev–Trinajstić information content (AvgIpc) is 3.17. The third kappa shape index (κ3) is 6.36. The maximum absolute atomic E-state index is 13.9. The van der Waals surface area contributed by atoms with Crippen LogP contribution in [0.15, 0.2) is 29.2 Å². The van der Waals surface area contributed by atoms with Crippen LogP contribution < -0.4 is 0 Å². The number of fused-ring (bicyclic) bond motifs is 1. The van der Waals surface area contributed by atoms with Gasteiger partial charge in [0.1, 0.15) is 24.2 Å². The molecule has 0 aromatic heterocycles. The quantitative estimate of drug-likeness (QED) is 0.122. The number of ether oxygens (including phenoxy) is 4. The fourth-order valence-electron chi connectivity index (χ4n) is 4.64. The molecule has 2 aromatic carbocycles. The van der Waals surface area contributed by atoms with Crippen LogP contribution in [0.4, 0.5) is 0 Å². The number of rotatable bonds is 7. The molecule has 5 atom stereocenters. The third-order valence-corrected chi connectivity index (χ3v) is 9.34. The van der Waals surface area contributed by atoms with Gasteiger partial charge < -0.3 is 18.9 Å². The highest BCUT2D eigenvalue weighted by Crippen LogP contribution is 2.47. The lowest BCUT2D eigenvalue weighted by Gasteiger charge is -2.47. The van der Waals surface area contributed by atoms with Crippen LogP contribution in [0.1, 0.15) is 47.1 Å². The first-order valence-corrected chi connectivity index (χ1v) is 14.7. The number of carbonyl (C=O) groups excluding carboxylic acids is 5. The number of imide groups is 1. The molecule has 4 rings (SSSR count). The van der Waals surface area contributed by atoms with Crippen molar-refractivity contribution in [3.63, 3.8) is 0 Å². The van der Waals surface area contributed by atoms with E-state index in [1.54, 1.807) is 12.1 Å². The summed E-state index contributed by atoms with van der Waals surface area (Å²) in [6, 6.07) is 5.85. The van der Waals surface area contributed by atoms with Gasteiger partial charge >= 0.3 is 17.9 Å². The number of halogens is 4. The first-order valence-electron chi connectivity index (χ1n) is 12.3. The molecule has 2 aliphatic heterocycles. The minimum absolute atomic E-state index is 0.230. The van der Waals surface area contributed by atoms with Gasteiger partial charge in [0.25, 0.3) is 11.8 Å². The fraction of sp³-hybridized carbons (Fsp3) is 0.370. The summed E-state index contributed by atoms with van der Waals surface area (Å²) >= 11 is 26.2. The molecule has 10 nitrogen and oxygen atoms in total. The van der Waals surface area contributed by atoms with Crippen LogP contribution in [-0.2, 0) is 33.3 Å². The molecule has 224 valence electrons. The largest absolute Gasteiger partial charge is 0.463 e. The van der Waals surface area contributed by atoms with E-state index in [1.165, 1.54) is 6.92 Å². The minimum atomic E-state index is -1.48. The molecule has 0 aliphatic carbocycles. The summed E-state index contributed by atoms with van der Waals surface area (Å²) in [4.78, 5) is 65.5. The molecule has 2 aliphatic rings. The maximum atomic E-state index is 13.9. The molecule has 0 N–H and O–H groups in total. The molecule has 1 saturated heterocycles. The summed E-state index contributed by atoms with van der Waals surface area (Å²) in [7, 11) is 0. The van der Waals surface area contributed by atoms with E-state index in [4.69, 9.17) is 65.4 Å². The molecule has 2 amide bonds. The zero-order valence-corrected chi connectivity index (χ0v) is 26.3. The van der Waals surface area contributed by atoms with Crippen molar-refractivity contribution in [1.29, 1.82) is 0 Å². The Hall–Kier alpha value is -2.54. The van der Waals surface area contributed by atoms with E-state index in [9.17, 15) is 24.0 Å². The van der Waals surface area contributed by atoms with E-state index >= 15 is 0 Å². The Kier molecular flexibility index (Phi) is 10.0. The number of amides is 2. The van der Waals surface area contributed by atoms with Crippen molar-refractivity contribution in [3.05, 3.63) is 61.0 Å². The average molecular weight is 679 g/mol. The lowest BCUT2D eigenvalue weighted by molar-refractivity contribution is -0.216. The van der Waals surface area contributed by atoms with Gasteiger partial charge in [0, 0.05) is 25.7 Å². The van der Waals surface area contributed by atoms with Gasteiger partial charge in [0.15, 0.2) is 12.2 Å². The zero-order valence-electron chi connectivity index (χ0n) is 22.4. The smallest absolute Gasteiger partial charge is 0.303 e. The van der Waals surface area contributed by atoms with Crippen molar-refractivity contribution in [3.8, 4) is 0 Å². The molecule has 15 heteroatoms. The summed E-state index contributed by atoms with van der Waals surface area (Å²) < 4.78 is 22.6. The molecule has 1 fully saturated rings. The number of aryl methyl sites for hydroxylation is 1. The fourth-order valence-corrected chi connectivity index (χ4v) is 6.83. The highest BCUT2D eigenvalue weighted by Gasteiger charge is 2.58. The van der Waals surface area contributed by atoms with E-state index in [1.807, 2.05) is 19.1 Å². The van der Waals surface area contributed by atoms with Crippen LogP contribution >= 0.6 is 58.2 Å². The first-order chi connectivity index (χ1) is 19.7. The number of nitrogens with zero attached hydrogens (tertiary/aromatic N) is 1. The standard InChI is InChI=1S/C27H23Cl4NO9S/c1-10-5-7-14(8-6-10)42-27-22(32-25(36)16-17(26(32)37)19(29)21(31)20(30)18(16)28)24(40-13(4)35)23(39-12(3)34)15(41-27)9-38-11(2)33/h5-8,15,22-24,27H,9H2,1-4H3/t15-,22-,23-,24-,27+/m1/s1. The second-order valence-electron chi connectivity index (χ2n) is 9.40. The molecular weight excluding hydrogens is 656 g/mol. The Labute approximate surface area is 264 Å². The monoisotopic (exact) mass is 677 g/mol. The van der Waals surface area contributed by atoms with E-state index in [2.05, 4.69) is 0 Å². The summed E-state index contributed by atoms with van der Waals surface area (Å²) in [6.07, 6.45) is -4.05. The normalized spacial score (nSPS) is 23.4. The lowest BCUT2D eigenvalue weighted by atomic mass is 9.96. The van der Waals surface area contributed by atoms with Gasteiger partial charge in [-0.1, -0.05) is 75.9 Å². The van der Waals surface area contributed by atoms with Gasteiger partial charge in [-0.25, -0.2) is 0 Å². The number of esters is 3. The Morgan fingerprint density at radius 1 is 0.810 bits per heavy atom. The van der Waals surface area contributed by atoms with E-state index < -0.39 is 66.1 Å². The Balaban J connectivity index is 1.89. The summed E-state index contributed by atoms with van der Waals surface area (Å²) in [5.41, 5.74) is -0.768. The number of hydrogen-bond acceptors (Lipinski definition) is 10. The maximum Gasteiger partial charge on any atom is 0.303 e. The van der Waals surface area contributed by atoms with E-state index in [-0.39, 0.29) is 31.2 Å². The predicted molar refractivity (Wildman–Crippen MR) is 154 cm³/mol. The van der Waals surface area contributed by atoms with Crippen molar-refractivity contribution in [2.45, 2.75) is 62.4 Å². The first kappa shape index (κ1) is 32.4. The van der Waals surface area contributed by atoms with Crippen LogP contribution in [0, 0.1) is 6.92 Å². The molecule has 0 radical (unpaired) electrons. The number of hydrogen-bond donors (Lipinski definition) is 0. The molecule has 0 spiro atoms. The highest BCUT2D eigenvalue weighted by molar-refractivity contribution is 7.99. The molecule has 0 bridgehead atoms. The van der Waals surface area contributed by atoms with Crippen molar-refractivity contribution in [2.24, 2.45) is 0 Å². The van der Waals surface area contributed by atoms with Crippen LogP contribution in [0.3, 0.4) is 0 Å². The highest BCUT2D eigenvalue weighted by atomic mass is 35.5. The van der Waals surface area contributed by atoms with E-state index in [0.29, 0.717) is 4.90 Å². The topological polar surface area (TPSA) is 126 Å². The van der Waals surface area contributed by atoms with Crippen molar-refractivity contribution >= 4 is 87.9 Å². The van der Waals surface area contributed by atoms with Gasteiger partial charge in [0.2, 0.25) is 0 Å². The third-order valence-electron chi connectivity index (χ3n) is 6.37. The number of thioether (sulfide) groups is 1. The zero-order chi connectivity index (χ0) is 31.0.